The van der Waals surface area contributed by atoms with Gasteiger partial charge in [0.1, 0.15) is 12.6 Å². The van der Waals surface area contributed by atoms with Gasteiger partial charge in [0, 0.05) is 40.7 Å². The largest absolute Gasteiger partial charge is 0.352 e. The van der Waals surface area contributed by atoms with Crippen molar-refractivity contribution in [2.24, 2.45) is 0 Å². The molecule has 1 atom stereocenters. The zero-order chi connectivity index (χ0) is 29.6. The van der Waals surface area contributed by atoms with Crippen LogP contribution in [-0.2, 0) is 32.6 Å². The summed E-state index contributed by atoms with van der Waals surface area (Å²) in [6.45, 7) is 2.51. The van der Waals surface area contributed by atoms with Crippen LogP contribution in [0.2, 0.25) is 10.0 Å². The second kappa shape index (κ2) is 13.4. The Hall–Kier alpha value is -3.21. The van der Waals surface area contributed by atoms with E-state index in [1.165, 1.54) is 4.90 Å². The Labute approximate surface area is 242 Å². The highest BCUT2D eigenvalue weighted by Crippen LogP contribution is 2.28. The summed E-state index contributed by atoms with van der Waals surface area (Å²) in [7, 11) is -4.15. The highest BCUT2D eigenvalue weighted by atomic mass is 35.5. The molecule has 0 saturated heterocycles. The highest BCUT2D eigenvalue weighted by molar-refractivity contribution is 7.92. The summed E-state index contributed by atoms with van der Waals surface area (Å²) < 4.78 is 53.7. The number of sulfonamides is 1. The van der Waals surface area contributed by atoms with E-state index in [0.717, 1.165) is 24.0 Å². The van der Waals surface area contributed by atoms with Crippen molar-refractivity contribution in [3.8, 4) is 0 Å². The number of halogens is 4. The Bertz CT molecular complexity index is 1450. The number of hydrogen-bond donors (Lipinski definition) is 1. The number of carbonyl (C=O) groups is 2. The van der Waals surface area contributed by atoms with E-state index in [0.29, 0.717) is 15.9 Å². The number of nitrogens with zero attached hydrogens (tertiary/aromatic N) is 2. The number of benzene rings is 3. The summed E-state index contributed by atoms with van der Waals surface area (Å²) in [4.78, 5) is 28.7. The lowest BCUT2D eigenvalue weighted by Crippen LogP contribution is -2.54. The van der Waals surface area contributed by atoms with Crippen LogP contribution in [0.5, 0.6) is 0 Å². The molecule has 0 aromatic heterocycles. The highest BCUT2D eigenvalue weighted by Gasteiger charge is 2.34. The maximum atomic E-state index is 14.0. The summed E-state index contributed by atoms with van der Waals surface area (Å²) in [5.74, 6) is -3.72. The molecule has 0 bridgehead atoms. The number of rotatable bonds is 11. The van der Waals surface area contributed by atoms with Crippen LogP contribution in [0.25, 0.3) is 0 Å². The number of amides is 2. The molecule has 12 heteroatoms. The first-order valence-electron chi connectivity index (χ1n) is 12.3. The van der Waals surface area contributed by atoms with E-state index in [1.54, 1.807) is 56.3 Å². The van der Waals surface area contributed by atoms with Gasteiger partial charge in [-0.3, -0.25) is 13.9 Å². The van der Waals surface area contributed by atoms with Gasteiger partial charge < -0.3 is 10.2 Å². The molecule has 0 heterocycles. The van der Waals surface area contributed by atoms with E-state index in [9.17, 15) is 26.8 Å². The lowest BCUT2D eigenvalue weighted by atomic mass is 10.0. The van der Waals surface area contributed by atoms with Crippen LogP contribution in [0.4, 0.5) is 14.5 Å². The minimum absolute atomic E-state index is 0.0945. The van der Waals surface area contributed by atoms with Crippen molar-refractivity contribution in [3.63, 3.8) is 0 Å². The van der Waals surface area contributed by atoms with Crippen LogP contribution in [0.3, 0.4) is 0 Å². The van der Waals surface area contributed by atoms with Crippen molar-refractivity contribution in [2.45, 2.75) is 38.9 Å². The minimum atomic E-state index is -4.15. The fourth-order valence-electron chi connectivity index (χ4n) is 4.04. The van der Waals surface area contributed by atoms with E-state index in [2.05, 4.69) is 5.32 Å². The van der Waals surface area contributed by atoms with E-state index in [-0.39, 0.29) is 34.7 Å². The normalized spacial score (nSPS) is 12.2. The third-order valence-electron chi connectivity index (χ3n) is 5.96. The molecule has 3 aromatic rings. The van der Waals surface area contributed by atoms with Gasteiger partial charge in [-0.25, -0.2) is 17.2 Å². The van der Waals surface area contributed by atoms with Crippen LogP contribution in [0, 0.1) is 11.6 Å². The first-order chi connectivity index (χ1) is 18.8. The topological polar surface area (TPSA) is 86.8 Å². The molecule has 40 heavy (non-hydrogen) atoms. The van der Waals surface area contributed by atoms with Gasteiger partial charge in [0.25, 0.3) is 0 Å². The van der Waals surface area contributed by atoms with Crippen molar-refractivity contribution in [1.82, 2.24) is 10.2 Å². The lowest BCUT2D eigenvalue weighted by Gasteiger charge is -2.34. The van der Waals surface area contributed by atoms with Gasteiger partial charge in [-0.05, 0) is 43.7 Å². The number of hydrogen-bond acceptors (Lipinski definition) is 4. The molecule has 0 saturated carbocycles. The lowest BCUT2D eigenvalue weighted by molar-refractivity contribution is -0.140. The predicted octanol–water partition coefficient (Wildman–Crippen LogP) is 5.20. The van der Waals surface area contributed by atoms with Crippen molar-refractivity contribution >= 4 is 50.7 Å². The van der Waals surface area contributed by atoms with Gasteiger partial charge >= 0.3 is 0 Å². The van der Waals surface area contributed by atoms with Crippen LogP contribution in [0.15, 0.2) is 66.7 Å². The molecule has 214 valence electrons. The van der Waals surface area contributed by atoms with Crippen LogP contribution < -0.4 is 9.62 Å². The van der Waals surface area contributed by atoms with Gasteiger partial charge in [-0.1, -0.05) is 59.6 Å². The zero-order valence-electron chi connectivity index (χ0n) is 22.1. The summed E-state index contributed by atoms with van der Waals surface area (Å²) >= 11 is 12.8. The smallest absolute Gasteiger partial charge is 0.244 e. The monoisotopic (exact) mass is 611 g/mol. The Morgan fingerprint density at radius 3 is 2.10 bits per heavy atom. The van der Waals surface area contributed by atoms with Gasteiger partial charge in [0.2, 0.25) is 21.8 Å². The second-order valence-corrected chi connectivity index (χ2v) is 12.2. The van der Waals surface area contributed by atoms with E-state index in [4.69, 9.17) is 23.2 Å². The predicted molar refractivity (Wildman–Crippen MR) is 153 cm³/mol. The standard InChI is InChI=1S/C28H29Cl2F2N3O4S/c1-18(2)33-28(37)26(14-19-8-5-4-6-9-19)34(16-21-22(29)10-7-11-23(21)30)27(36)17-35(40(3,38)39)20-12-13-24(31)25(32)15-20/h4-13,15,18,26H,14,16-17H2,1-3H3,(H,33,37)/t26-/m0/s1. The number of anilines is 1. The molecule has 1 N–H and O–H groups in total. The van der Waals surface area contributed by atoms with Crippen LogP contribution >= 0.6 is 23.2 Å². The first kappa shape index (κ1) is 31.3. The molecule has 0 aliphatic carbocycles. The van der Waals surface area contributed by atoms with Crippen LogP contribution in [-0.4, -0.2) is 50.0 Å². The Morgan fingerprint density at radius 1 is 0.925 bits per heavy atom. The van der Waals surface area contributed by atoms with Crippen molar-refractivity contribution in [3.05, 3.63) is 99.5 Å². The van der Waals surface area contributed by atoms with E-state index < -0.39 is 46.1 Å². The SMILES string of the molecule is CC(C)NC(=O)[C@H](Cc1ccccc1)N(Cc1c(Cl)cccc1Cl)C(=O)CN(c1ccc(F)c(F)c1)S(C)(=O)=O. The quantitative estimate of drug-likeness (QED) is 0.323. The summed E-state index contributed by atoms with van der Waals surface area (Å²) in [5.41, 5.74) is 0.847. The molecule has 0 radical (unpaired) electrons. The first-order valence-corrected chi connectivity index (χ1v) is 14.9. The van der Waals surface area contributed by atoms with Crippen LogP contribution in [0.1, 0.15) is 25.0 Å². The Morgan fingerprint density at radius 2 is 1.55 bits per heavy atom. The molecule has 3 rings (SSSR count). The van der Waals surface area contributed by atoms with Gasteiger partial charge in [0.05, 0.1) is 11.9 Å². The molecule has 0 unspecified atom stereocenters. The van der Waals surface area contributed by atoms with E-state index in [1.807, 2.05) is 6.07 Å². The third kappa shape index (κ3) is 8.16. The molecule has 7 nitrogen and oxygen atoms in total. The second-order valence-electron chi connectivity index (χ2n) is 9.46. The number of nitrogens with one attached hydrogen (secondary N) is 1. The van der Waals surface area contributed by atoms with Gasteiger partial charge in [-0.2, -0.15) is 0 Å². The average molecular weight is 613 g/mol. The maximum Gasteiger partial charge on any atom is 0.244 e. The van der Waals surface area contributed by atoms with Crippen molar-refractivity contribution in [1.29, 1.82) is 0 Å². The Balaban J connectivity index is 2.11. The Kier molecular flexibility index (Phi) is 10.5. The average Bonchev–Trinajstić information content (AvgIpc) is 2.87. The molecule has 3 aromatic carbocycles. The minimum Gasteiger partial charge on any atom is -0.352 e. The summed E-state index contributed by atoms with van der Waals surface area (Å²) in [6.07, 6.45) is 0.932. The van der Waals surface area contributed by atoms with Gasteiger partial charge in [-0.15, -0.1) is 0 Å². The van der Waals surface area contributed by atoms with Crippen molar-refractivity contribution in [2.75, 3.05) is 17.1 Å². The molecule has 0 aliphatic heterocycles. The molecular weight excluding hydrogens is 583 g/mol. The third-order valence-corrected chi connectivity index (χ3v) is 7.81. The molecule has 0 aliphatic rings. The summed E-state index contributed by atoms with van der Waals surface area (Å²) in [6, 6.07) is 14.9. The zero-order valence-corrected chi connectivity index (χ0v) is 24.4. The molecule has 0 spiro atoms. The molecular formula is C28H29Cl2F2N3O4S. The maximum absolute atomic E-state index is 14.0. The number of carbonyl (C=O) groups excluding carboxylic acids is 2. The molecule has 0 fully saturated rings. The molecule has 2 amide bonds. The fourth-order valence-corrected chi connectivity index (χ4v) is 5.40. The van der Waals surface area contributed by atoms with E-state index >= 15 is 0 Å². The summed E-state index contributed by atoms with van der Waals surface area (Å²) in [5, 5.41) is 3.31. The van der Waals surface area contributed by atoms with Gasteiger partial charge in [0.15, 0.2) is 11.6 Å². The van der Waals surface area contributed by atoms with Crippen molar-refractivity contribution < 1.29 is 26.8 Å². The fraction of sp³-hybridized carbons (Fsp3) is 0.286.